The third-order valence-electron chi connectivity index (χ3n) is 2.47. The first-order chi connectivity index (χ1) is 8.65. The molecule has 0 aromatic heterocycles. The molecule has 7 nitrogen and oxygen atoms in total. The molecule has 7 heteroatoms. The Hall–Kier alpha value is -1.76. The Labute approximate surface area is 104 Å². The molecule has 0 aliphatic carbocycles. The summed E-state index contributed by atoms with van der Waals surface area (Å²) in [6, 6.07) is 0. The largest absolute Gasteiger partial charge is 0.379 e. The quantitative estimate of drug-likeness (QED) is 0.336. The van der Waals surface area contributed by atoms with E-state index >= 15 is 0 Å². The van der Waals surface area contributed by atoms with Crippen molar-refractivity contribution < 1.29 is 23.9 Å². The van der Waals surface area contributed by atoms with E-state index in [9.17, 15) is 19.2 Å². The number of carbonyl (C=O) groups excluding carboxylic acids is 4. The van der Waals surface area contributed by atoms with Crippen LogP contribution < -0.4 is 5.32 Å². The van der Waals surface area contributed by atoms with Crippen LogP contribution in [0, 0.1) is 0 Å². The average molecular weight is 256 g/mol. The molecular formula is C11H16N2O5. The van der Waals surface area contributed by atoms with Gasteiger partial charge in [0.1, 0.15) is 6.29 Å². The number of nitrogens with zero attached hydrogens (tertiary/aromatic N) is 1. The van der Waals surface area contributed by atoms with E-state index in [4.69, 9.17) is 4.74 Å². The molecule has 18 heavy (non-hydrogen) atoms. The number of carbonyl (C=O) groups is 4. The molecule has 3 amide bonds. The van der Waals surface area contributed by atoms with Crippen molar-refractivity contribution in [3.8, 4) is 0 Å². The lowest BCUT2D eigenvalue weighted by Crippen LogP contribution is -2.32. The van der Waals surface area contributed by atoms with Gasteiger partial charge in [-0.25, -0.2) is 0 Å². The highest BCUT2D eigenvalue weighted by atomic mass is 16.5. The zero-order valence-corrected chi connectivity index (χ0v) is 10.0. The van der Waals surface area contributed by atoms with Crippen LogP contribution in [-0.2, 0) is 23.9 Å². The number of rotatable bonds is 8. The number of ether oxygens (including phenoxy) is 1. The minimum atomic E-state index is -0.268. The van der Waals surface area contributed by atoms with Gasteiger partial charge in [0.15, 0.2) is 0 Å². The van der Waals surface area contributed by atoms with Gasteiger partial charge >= 0.3 is 0 Å². The van der Waals surface area contributed by atoms with Crippen molar-refractivity contribution >= 4 is 24.0 Å². The van der Waals surface area contributed by atoms with Gasteiger partial charge in [-0.1, -0.05) is 0 Å². The van der Waals surface area contributed by atoms with E-state index in [1.54, 1.807) is 0 Å². The highest BCUT2D eigenvalue weighted by Crippen LogP contribution is 2.10. The number of aldehydes is 1. The maximum absolute atomic E-state index is 11.2. The maximum atomic E-state index is 11.2. The van der Waals surface area contributed by atoms with Crippen LogP contribution in [-0.4, -0.2) is 55.2 Å². The van der Waals surface area contributed by atoms with E-state index in [0.717, 1.165) is 0 Å². The van der Waals surface area contributed by atoms with E-state index < -0.39 is 0 Å². The summed E-state index contributed by atoms with van der Waals surface area (Å²) in [5.74, 6) is -0.616. The molecule has 1 aliphatic heterocycles. The molecule has 0 spiro atoms. The molecule has 1 aliphatic rings. The topological polar surface area (TPSA) is 92.8 Å². The first-order valence-corrected chi connectivity index (χ1v) is 5.76. The molecule has 1 saturated heterocycles. The molecule has 0 saturated carbocycles. The molecule has 0 radical (unpaired) electrons. The van der Waals surface area contributed by atoms with Gasteiger partial charge in [0.2, 0.25) is 17.7 Å². The summed E-state index contributed by atoms with van der Waals surface area (Å²) in [7, 11) is 0. The van der Waals surface area contributed by atoms with Gasteiger partial charge in [-0.05, 0) is 0 Å². The Morgan fingerprint density at radius 2 is 1.94 bits per heavy atom. The van der Waals surface area contributed by atoms with E-state index in [2.05, 4.69) is 5.32 Å². The lowest BCUT2D eigenvalue weighted by molar-refractivity contribution is -0.139. The molecule has 0 unspecified atom stereocenters. The second-order valence-corrected chi connectivity index (χ2v) is 3.77. The van der Waals surface area contributed by atoms with Crippen LogP contribution in [0.1, 0.15) is 19.3 Å². The highest BCUT2D eigenvalue weighted by molar-refractivity contribution is 6.01. The summed E-state index contributed by atoms with van der Waals surface area (Å²) in [6.45, 7) is 0.641. The van der Waals surface area contributed by atoms with Gasteiger partial charge in [-0.2, -0.15) is 0 Å². The van der Waals surface area contributed by atoms with Crippen molar-refractivity contribution in [1.29, 1.82) is 0 Å². The Morgan fingerprint density at radius 1 is 1.28 bits per heavy atom. The van der Waals surface area contributed by atoms with Crippen LogP contribution >= 0.6 is 0 Å². The van der Waals surface area contributed by atoms with Gasteiger partial charge in [-0.3, -0.25) is 19.3 Å². The lowest BCUT2D eigenvalue weighted by Gasteiger charge is -2.13. The first kappa shape index (κ1) is 14.3. The van der Waals surface area contributed by atoms with Crippen LogP contribution in [0.5, 0.6) is 0 Å². The second-order valence-electron chi connectivity index (χ2n) is 3.77. The number of imide groups is 1. The van der Waals surface area contributed by atoms with E-state index in [-0.39, 0.29) is 63.3 Å². The predicted molar refractivity (Wildman–Crippen MR) is 60.5 cm³/mol. The van der Waals surface area contributed by atoms with Gasteiger partial charge in [-0.15, -0.1) is 0 Å². The fourth-order valence-corrected chi connectivity index (χ4v) is 1.54. The van der Waals surface area contributed by atoms with Gasteiger partial charge < -0.3 is 14.8 Å². The molecular weight excluding hydrogens is 240 g/mol. The van der Waals surface area contributed by atoms with Crippen LogP contribution in [0.15, 0.2) is 0 Å². The fraction of sp³-hybridized carbons (Fsp3) is 0.636. The normalized spacial score (nSPS) is 15.0. The molecule has 1 fully saturated rings. The molecule has 100 valence electrons. The Balaban J connectivity index is 2.05. The molecule has 1 heterocycles. The molecule has 0 bridgehead atoms. The van der Waals surface area contributed by atoms with Crippen molar-refractivity contribution in [3.05, 3.63) is 0 Å². The van der Waals surface area contributed by atoms with Crippen molar-refractivity contribution in [1.82, 2.24) is 10.2 Å². The SMILES string of the molecule is O=CCNC(=O)CCOCCN1C(=O)CCC1=O. The lowest BCUT2D eigenvalue weighted by atomic mass is 10.4. The minimum absolute atomic E-state index is 0.00435. The second kappa shape index (κ2) is 7.54. The Morgan fingerprint density at radius 3 is 2.56 bits per heavy atom. The Bertz CT molecular complexity index is 326. The number of hydrogen-bond donors (Lipinski definition) is 1. The van der Waals surface area contributed by atoms with Crippen LogP contribution in [0.25, 0.3) is 0 Å². The molecule has 1 rings (SSSR count). The number of amides is 3. The van der Waals surface area contributed by atoms with Crippen LogP contribution in [0.4, 0.5) is 0 Å². The molecule has 0 aromatic rings. The van der Waals surface area contributed by atoms with Crippen LogP contribution in [0.3, 0.4) is 0 Å². The monoisotopic (exact) mass is 256 g/mol. The molecule has 1 N–H and O–H groups in total. The van der Waals surface area contributed by atoms with Gasteiger partial charge in [0, 0.05) is 19.3 Å². The number of likely N-dealkylation sites (tertiary alicyclic amines) is 1. The number of hydrogen-bond acceptors (Lipinski definition) is 5. The smallest absolute Gasteiger partial charge is 0.229 e. The zero-order valence-electron chi connectivity index (χ0n) is 10.0. The predicted octanol–water partition coefficient (Wildman–Crippen LogP) is -1.14. The van der Waals surface area contributed by atoms with E-state index in [0.29, 0.717) is 6.29 Å². The summed E-state index contributed by atoms with van der Waals surface area (Å²) in [4.78, 5) is 44.7. The maximum Gasteiger partial charge on any atom is 0.229 e. The van der Waals surface area contributed by atoms with Gasteiger partial charge in [0.25, 0.3) is 0 Å². The summed E-state index contributed by atoms with van der Waals surface area (Å²) >= 11 is 0. The molecule has 0 atom stereocenters. The summed E-state index contributed by atoms with van der Waals surface area (Å²) in [5.41, 5.74) is 0. The minimum Gasteiger partial charge on any atom is -0.379 e. The summed E-state index contributed by atoms with van der Waals surface area (Å²) < 4.78 is 5.15. The molecule has 0 aromatic carbocycles. The third kappa shape index (κ3) is 4.62. The van der Waals surface area contributed by atoms with Crippen molar-refractivity contribution in [2.45, 2.75) is 19.3 Å². The fourth-order valence-electron chi connectivity index (χ4n) is 1.54. The number of nitrogens with one attached hydrogen (secondary N) is 1. The third-order valence-corrected chi connectivity index (χ3v) is 2.47. The summed E-state index contributed by atoms with van der Waals surface area (Å²) in [5, 5.41) is 2.37. The summed E-state index contributed by atoms with van der Waals surface area (Å²) in [6.07, 6.45) is 1.29. The van der Waals surface area contributed by atoms with Gasteiger partial charge in [0.05, 0.1) is 26.3 Å². The highest BCUT2D eigenvalue weighted by Gasteiger charge is 2.28. The average Bonchev–Trinajstić information content (AvgIpc) is 2.67. The van der Waals surface area contributed by atoms with Crippen molar-refractivity contribution in [2.75, 3.05) is 26.3 Å². The van der Waals surface area contributed by atoms with E-state index in [1.165, 1.54) is 4.90 Å². The van der Waals surface area contributed by atoms with E-state index in [1.807, 2.05) is 0 Å². The Kier molecular flexibility index (Phi) is 5.99. The standard InChI is InChI=1S/C11H16N2O5/c14-6-4-12-9(15)3-7-18-8-5-13-10(16)1-2-11(13)17/h6H,1-5,7-8H2,(H,12,15). The van der Waals surface area contributed by atoms with Crippen LogP contribution in [0.2, 0.25) is 0 Å². The van der Waals surface area contributed by atoms with Crippen molar-refractivity contribution in [2.24, 2.45) is 0 Å². The van der Waals surface area contributed by atoms with Crippen molar-refractivity contribution in [3.63, 3.8) is 0 Å². The zero-order chi connectivity index (χ0) is 13.4. The first-order valence-electron chi connectivity index (χ1n) is 5.76.